The van der Waals surface area contributed by atoms with Crippen molar-refractivity contribution < 1.29 is 19.4 Å². The van der Waals surface area contributed by atoms with Crippen LogP contribution in [0.1, 0.15) is 43.6 Å². The summed E-state index contributed by atoms with van der Waals surface area (Å²) in [6, 6.07) is 13.2. The van der Waals surface area contributed by atoms with Crippen LogP contribution in [0.5, 0.6) is 11.5 Å². The molecule has 1 aromatic heterocycles. The standard InChI is InChI=1S/C30H40N2O4/c1-21(2)16-31(17-22(3)4)19-25(33)20-32-18-24(26-9-7-8-10-27(26)32)11-13-28(34)23-12-14-29(35-5)30(15-23)36-6/h7-15,18,21-22,25,33H,16-17,19-20H2,1-6H3/b13-11-/t25-/m0/s1. The van der Waals surface area contributed by atoms with Crippen LogP contribution in [-0.2, 0) is 6.54 Å². The molecule has 0 bridgehead atoms. The van der Waals surface area contributed by atoms with Crippen molar-refractivity contribution in [1.82, 2.24) is 9.47 Å². The number of ether oxygens (including phenoxy) is 2. The van der Waals surface area contributed by atoms with E-state index in [1.807, 2.05) is 30.5 Å². The first-order valence-corrected chi connectivity index (χ1v) is 12.6. The number of fused-ring (bicyclic) bond motifs is 1. The third-order valence-corrected chi connectivity index (χ3v) is 6.02. The molecule has 6 heteroatoms. The maximum absolute atomic E-state index is 12.9. The van der Waals surface area contributed by atoms with Crippen LogP contribution in [0, 0.1) is 11.8 Å². The van der Waals surface area contributed by atoms with Gasteiger partial charge in [0.1, 0.15) is 0 Å². The van der Waals surface area contributed by atoms with Crippen LogP contribution in [0.4, 0.5) is 0 Å². The number of ketones is 1. The minimum atomic E-state index is -0.497. The number of aliphatic hydroxyl groups excluding tert-OH is 1. The number of methoxy groups -OCH3 is 2. The van der Waals surface area contributed by atoms with Crippen molar-refractivity contribution in [3.05, 3.63) is 65.9 Å². The van der Waals surface area contributed by atoms with Gasteiger partial charge in [-0.05, 0) is 48.3 Å². The summed E-state index contributed by atoms with van der Waals surface area (Å²) in [6.07, 6.45) is 4.94. The molecule has 2 aromatic carbocycles. The Kier molecular flexibility index (Phi) is 9.73. The van der Waals surface area contributed by atoms with Crippen LogP contribution >= 0.6 is 0 Å². The number of allylic oxidation sites excluding steroid dienone is 1. The highest BCUT2D eigenvalue weighted by atomic mass is 16.5. The Labute approximate surface area is 215 Å². The van der Waals surface area contributed by atoms with Gasteiger partial charge in [-0.1, -0.05) is 45.9 Å². The molecule has 36 heavy (non-hydrogen) atoms. The number of hydrogen-bond acceptors (Lipinski definition) is 5. The first-order valence-electron chi connectivity index (χ1n) is 12.6. The lowest BCUT2D eigenvalue weighted by Crippen LogP contribution is -2.39. The zero-order chi connectivity index (χ0) is 26.2. The zero-order valence-corrected chi connectivity index (χ0v) is 22.4. The molecule has 1 N–H and O–H groups in total. The van der Waals surface area contributed by atoms with Crippen LogP contribution < -0.4 is 9.47 Å². The zero-order valence-electron chi connectivity index (χ0n) is 22.4. The van der Waals surface area contributed by atoms with Gasteiger partial charge in [0.2, 0.25) is 0 Å². The molecule has 0 radical (unpaired) electrons. The van der Waals surface area contributed by atoms with Crippen LogP contribution in [0.25, 0.3) is 17.0 Å². The summed E-state index contributed by atoms with van der Waals surface area (Å²) >= 11 is 0. The lowest BCUT2D eigenvalue weighted by molar-refractivity contribution is 0.0869. The van der Waals surface area contributed by atoms with Gasteiger partial charge in [-0.3, -0.25) is 4.79 Å². The molecule has 0 unspecified atom stereocenters. The predicted molar refractivity (Wildman–Crippen MR) is 147 cm³/mol. The van der Waals surface area contributed by atoms with Crippen molar-refractivity contribution >= 4 is 22.8 Å². The number of para-hydroxylation sites is 1. The third-order valence-electron chi connectivity index (χ3n) is 6.02. The molecule has 0 saturated heterocycles. The lowest BCUT2D eigenvalue weighted by atomic mass is 10.1. The van der Waals surface area contributed by atoms with Crippen LogP contribution in [0.3, 0.4) is 0 Å². The monoisotopic (exact) mass is 492 g/mol. The summed E-state index contributed by atoms with van der Waals surface area (Å²) in [5.74, 6) is 2.07. The van der Waals surface area contributed by atoms with E-state index in [0.717, 1.165) is 29.6 Å². The number of rotatable bonds is 13. The topological polar surface area (TPSA) is 63.9 Å². The quantitative estimate of drug-likeness (QED) is 0.251. The normalized spacial score (nSPS) is 12.8. The number of aliphatic hydroxyl groups is 1. The summed E-state index contributed by atoms with van der Waals surface area (Å²) in [5, 5.41) is 12.0. The van der Waals surface area contributed by atoms with Crippen LogP contribution in [0.15, 0.2) is 54.7 Å². The average Bonchev–Trinajstić information content (AvgIpc) is 3.18. The molecule has 3 rings (SSSR count). The molecule has 6 nitrogen and oxygen atoms in total. The van der Waals surface area contributed by atoms with Crippen molar-refractivity contribution in [2.45, 2.75) is 40.3 Å². The minimum absolute atomic E-state index is 0.120. The summed E-state index contributed by atoms with van der Waals surface area (Å²) < 4.78 is 12.7. The summed E-state index contributed by atoms with van der Waals surface area (Å²) in [7, 11) is 3.12. The second kappa shape index (κ2) is 12.7. The molecule has 0 saturated carbocycles. The van der Waals surface area contributed by atoms with Crippen molar-refractivity contribution in [2.24, 2.45) is 11.8 Å². The van der Waals surface area contributed by atoms with E-state index in [1.54, 1.807) is 38.5 Å². The third kappa shape index (κ3) is 7.21. The van der Waals surface area contributed by atoms with Gasteiger partial charge in [0, 0.05) is 54.4 Å². The highest BCUT2D eigenvalue weighted by Gasteiger charge is 2.17. The maximum atomic E-state index is 12.9. The molecule has 0 aliphatic carbocycles. The van der Waals surface area contributed by atoms with Gasteiger partial charge in [-0.25, -0.2) is 0 Å². The molecular formula is C30H40N2O4. The molecular weight excluding hydrogens is 452 g/mol. The minimum Gasteiger partial charge on any atom is -0.493 e. The highest BCUT2D eigenvalue weighted by Crippen LogP contribution is 2.28. The fraction of sp³-hybridized carbons (Fsp3) is 0.433. The number of carbonyl (C=O) groups is 1. The Bertz CT molecular complexity index is 1170. The lowest BCUT2D eigenvalue weighted by Gasteiger charge is -2.28. The SMILES string of the molecule is COc1ccc(C(=O)/C=C\c2cn(C[C@@H](O)CN(CC(C)C)CC(C)C)c3ccccc23)cc1OC. The Balaban J connectivity index is 1.79. The highest BCUT2D eigenvalue weighted by molar-refractivity contribution is 6.08. The Morgan fingerprint density at radius 2 is 1.64 bits per heavy atom. The van der Waals surface area contributed by atoms with Gasteiger partial charge >= 0.3 is 0 Å². The second-order valence-corrected chi connectivity index (χ2v) is 10.2. The van der Waals surface area contributed by atoms with Crippen molar-refractivity contribution in [3.8, 4) is 11.5 Å². The molecule has 0 aliphatic heterocycles. The van der Waals surface area contributed by atoms with E-state index in [0.29, 0.717) is 42.0 Å². The van der Waals surface area contributed by atoms with E-state index in [1.165, 1.54) is 0 Å². The predicted octanol–water partition coefficient (Wildman–Crippen LogP) is 5.53. The van der Waals surface area contributed by atoms with Gasteiger partial charge in [-0.2, -0.15) is 0 Å². The molecule has 1 atom stereocenters. The van der Waals surface area contributed by atoms with Gasteiger partial charge in [0.15, 0.2) is 17.3 Å². The van der Waals surface area contributed by atoms with E-state index >= 15 is 0 Å². The number of hydrogen-bond donors (Lipinski definition) is 1. The molecule has 3 aromatic rings. The molecule has 0 amide bonds. The van der Waals surface area contributed by atoms with Gasteiger partial charge in [-0.15, -0.1) is 0 Å². The first kappa shape index (κ1) is 27.5. The smallest absolute Gasteiger partial charge is 0.185 e. The van der Waals surface area contributed by atoms with Gasteiger partial charge < -0.3 is 24.0 Å². The second-order valence-electron chi connectivity index (χ2n) is 10.2. The van der Waals surface area contributed by atoms with Gasteiger partial charge in [0.05, 0.1) is 20.3 Å². The average molecular weight is 493 g/mol. The van der Waals surface area contributed by atoms with Crippen molar-refractivity contribution in [2.75, 3.05) is 33.9 Å². The summed E-state index contributed by atoms with van der Waals surface area (Å²) in [4.78, 5) is 15.2. The first-order chi connectivity index (χ1) is 17.2. The van der Waals surface area contributed by atoms with Crippen LogP contribution in [0.2, 0.25) is 0 Å². The van der Waals surface area contributed by atoms with Crippen LogP contribution in [-0.4, -0.2) is 60.3 Å². The summed E-state index contributed by atoms with van der Waals surface area (Å²) in [6.45, 7) is 11.9. The summed E-state index contributed by atoms with van der Waals surface area (Å²) in [5.41, 5.74) is 2.50. The van der Waals surface area contributed by atoms with Crippen molar-refractivity contribution in [1.29, 1.82) is 0 Å². The van der Waals surface area contributed by atoms with E-state index in [2.05, 4.69) is 43.2 Å². The fourth-order valence-corrected chi connectivity index (χ4v) is 4.65. The number of nitrogens with zero attached hydrogens (tertiary/aromatic N) is 2. The van der Waals surface area contributed by atoms with E-state index in [-0.39, 0.29) is 5.78 Å². The fourth-order valence-electron chi connectivity index (χ4n) is 4.65. The Morgan fingerprint density at radius 1 is 0.972 bits per heavy atom. The Hall–Kier alpha value is -3.09. The maximum Gasteiger partial charge on any atom is 0.185 e. The molecule has 194 valence electrons. The number of carbonyl (C=O) groups excluding carboxylic acids is 1. The largest absolute Gasteiger partial charge is 0.493 e. The number of benzene rings is 2. The molecule has 0 aliphatic rings. The van der Waals surface area contributed by atoms with E-state index in [4.69, 9.17) is 9.47 Å². The molecule has 0 fully saturated rings. The van der Waals surface area contributed by atoms with E-state index in [9.17, 15) is 9.90 Å². The molecule has 0 spiro atoms. The van der Waals surface area contributed by atoms with Crippen molar-refractivity contribution in [3.63, 3.8) is 0 Å². The Morgan fingerprint density at radius 3 is 2.28 bits per heavy atom. The molecule has 1 heterocycles. The van der Waals surface area contributed by atoms with E-state index < -0.39 is 6.10 Å². The number of aromatic nitrogens is 1. The van der Waals surface area contributed by atoms with Gasteiger partial charge in [0.25, 0.3) is 0 Å².